The van der Waals surface area contributed by atoms with Crippen molar-refractivity contribution >= 4 is 0 Å². The Balaban J connectivity index is 2.37. The summed E-state index contributed by atoms with van der Waals surface area (Å²) in [6.07, 6.45) is 4.04. The van der Waals surface area contributed by atoms with Crippen LogP contribution in [0.15, 0.2) is 41.3 Å². The molecule has 2 aromatic heterocycles. The fourth-order valence-corrected chi connectivity index (χ4v) is 1.37. The maximum atomic E-state index is 9.94. The molecule has 1 N–H and O–H groups in total. The molecule has 0 aliphatic heterocycles. The molecule has 0 aliphatic rings. The van der Waals surface area contributed by atoms with E-state index in [9.17, 15) is 5.11 Å². The van der Waals surface area contributed by atoms with Crippen molar-refractivity contribution in [1.29, 1.82) is 0 Å². The second-order valence-corrected chi connectivity index (χ2v) is 3.16. The summed E-state index contributed by atoms with van der Waals surface area (Å²) in [4.78, 5) is 4.14. The Kier molecular flexibility index (Phi) is 2.33. The Hall–Kier alpha value is -1.61. The molecule has 3 heteroatoms. The predicted octanol–water partition coefficient (Wildman–Crippen LogP) is 2.06. The molecule has 0 spiro atoms. The maximum Gasteiger partial charge on any atom is 0.124 e. The Labute approximate surface area is 82.0 Å². The first-order chi connectivity index (χ1) is 6.79. The third kappa shape index (κ3) is 1.54. The minimum atomic E-state index is -0.699. The van der Waals surface area contributed by atoms with E-state index < -0.39 is 6.10 Å². The number of hydrogen-bond acceptors (Lipinski definition) is 3. The van der Waals surface area contributed by atoms with Crippen LogP contribution in [0.3, 0.4) is 0 Å². The Morgan fingerprint density at radius 2 is 2.29 bits per heavy atom. The van der Waals surface area contributed by atoms with E-state index in [0.717, 1.165) is 11.1 Å². The molecule has 72 valence electrons. The van der Waals surface area contributed by atoms with E-state index in [1.54, 1.807) is 12.3 Å². The predicted molar refractivity (Wildman–Crippen MR) is 51.7 cm³/mol. The summed E-state index contributed by atoms with van der Waals surface area (Å²) in [5.41, 5.74) is 2.38. The first-order valence-electron chi connectivity index (χ1n) is 4.40. The van der Waals surface area contributed by atoms with Crippen molar-refractivity contribution in [3.8, 4) is 0 Å². The highest BCUT2D eigenvalue weighted by Gasteiger charge is 2.14. The lowest BCUT2D eigenvalue weighted by atomic mass is 10.1. The summed E-state index contributed by atoms with van der Waals surface area (Å²) >= 11 is 0. The summed E-state index contributed by atoms with van der Waals surface area (Å²) in [5, 5.41) is 9.94. The van der Waals surface area contributed by atoms with Crippen LogP contribution in [0.5, 0.6) is 0 Å². The zero-order valence-corrected chi connectivity index (χ0v) is 7.84. The van der Waals surface area contributed by atoms with E-state index in [4.69, 9.17) is 4.42 Å². The van der Waals surface area contributed by atoms with Gasteiger partial charge in [-0.1, -0.05) is 6.07 Å². The second-order valence-electron chi connectivity index (χ2n) is 3.16. The molecule has 0 saturated carbocycles. The number of nitrogens with zero attached hydrogens (tertiary/aromatic N) is 1. The van der Waals surface area contributed by atoms with Crippen molar-refractivity contribution in [2.45, 2.75) is 13.0 Å². The molecule has 2 heterocycles. The fraction of sp³-hybridized carbons (Fsp3) is 0.182. The lowest BCUT2D eigenvalue weighted by Crippen LogP contribution is -2.03. The molecular weight excluding hydrogens is 178 g/mol. The fourth-order valence-electron chi connectivity index (χ4n) is 1.37. The molecule has 0 aliphatic carbocycles. The molecule has 0 aromatic carbocycles. The summed E-state index contributed by atoms with van der Waals surface area (Å²) < 4.78 is 4.91. The van der Waals surface area contributed by atoms with Crippen LogP contribution in [0.1, 0.15) is 22.9 Å². The summed E-state index contributed by atoms with van der Waals surface area (Å²) in [5.74, 6) is 0. The number of furan rings is 1. The molecule has 2 rings (SSSR count). The molecule has 14 heavy (non-hydrogen) atoms. The van der Waals surface area contributed by atoms with E-state index in [0.29, 0.717) is 5.69 Å². The smallest absolute Gasteiger partial charge is 0.124 e. The van der Waals surface area contributed by atoms with Gasteiger partial charge in [0.1, 0.15) is 6.10 Å². The Bertz CT molecular complexity index is 409. The normalized spacial score (nSPS) is 12.7. The Morgan fingerprint density at radius 1 is 1.43 bits per heavy atom. The van der Waals surface area contributed by atoms with E-state index in [1.807, 2.05) is 19.1 Å². The molecular formula is C11H11NO2. The highest BCUT2D eigenvalue weighted by atomic mass is 16.3. The number of hydrogen-bond donors (Lipinski definition) is 1. The molecule has 0 saturated heterocycles. The summed E-state index contributed by atoms with van der Waals surface area (Å²) in [6, 6.07) is 5.51. The largest absolute Gasteiger partial charge is 0.472 e. The number of aliphatic hydroxyl groups is 1. The van der Waals surface area contributed by atoms with Gasteiger partial charge in [-0.15, -0.1) is 0 Å². The molecule has 0 radical (unpaired) electrons. The first kappa shape index (κ1) is 8.97. The molecule has 0 bridgehead atoms. The van der Waals surface area contributed by atoms with Gasteiger partial charge >= 0.3 is 0 Å². The van der Waals surface area contributed by atoms with Crippen LogP contribution in [0.25, 0.3) is 0 Å². The van der Waals surface area contributed by atoms with Crippen LogP contribution in [0, 0.1) is 6.92 Å². The lowest BCUT2D eigenvalue weighted by Gasteiger charge is -2.09. The maximum absolute atomic E-state index is 9.94. The minimum Gasteiger partial charge on any atom is -0.472 e. The van der Waals surface area contributed by atoms with Gasteiger partial charge in [-0.3, -0.25) is 4.98 Å². The summed E-state index contributed by atoms with van der Waals surface area (Å²) in [7, 11) is 0. The number of aliphatic hydroxyl groups excluding tert-OH is 1. The SMILES string of the molecule is Cc1cccnc1C(O)c1ccoc1. The van der Waals surface area contributed by atoms with Crippen molar-refractivity contribution in [1.82, 2.24) is 4.98 Å². The molecule has 2 aromatic rings. The van der Waals surface area contributed by atoms with Crippen molar-refractivity contribution in [3.05, 3.63) is 53.7 Å². The average molecular weight is 189 g/mol. The van der Waals surface area contributed by atoms with Gasteiger partial charge in [-0.2, -0.15) is 0 Å². The average Bonchev–Trinajstić information content (AvgIpc) is 2.70. The van der Waals surface area contributed by atoms with E-state index in [1.165, 1.54) is 12.5 Å². The van der Waals surface area contributed by atoms with Crippen molar-refractivity contribution in [2.24, 2.45) is 0 Å². The topological polar surface area (TPSA) is 46.3 Å². The molecule has 0 fully saturated rings. The standard InChI is InChI=1S/C11H11NO2/c1-8-3-2-5-12-10(8)11(13)9-4-6-14-7-9/h2-7,11,13H,1H3. The third-order valence-corrected chi connectivity index (χ3v) is 2.17. The van der Waals surface area contributed by atoms with Crippen LogP contribution in [0.2, 0.25) is 0 Å². The third-order valence-electron chi connectivity index (χ3n) is 2.17. The highest BCUT2D eigenvalue weighted by molar-refractivity contribution is 5.27. The summed E-state index contributed by atoms with van der Waals surface area (Å²) in [6.45, 7) is 1.92. The first-order valence-corrected chi connectivity index (χ1v) is 4.40. The van der Waals surface area contributed by atoms with Crippen LogP contribution < -0.4 is 0 Å². The van der Waals surface area contributed by atoms with Gasteiger partial charge < -0.3 is 9.52 Å². The molecule has 1 unspecified atom stereocenters. The van der Waals surface area contributed by atoms with E-state index in [-0.39, 0.29) is 0 Å². The lowest BCUT2D eigenvalue weighted by molar-refractivity contribution is 0.213. The monoisotopic (exact) mass is 189 g/mol. The number of rotatable bonds is 2. The number of aryl methyl sites for hydroxylation is 1. The number of aromatic nitrogens is 1. The molecule has 0 amide bonds. The number of pyridine rings is 1. The van der Waals surface area contributed by atoms with Gasteiger partial charge in [0.2, 0.25) is 0 Å². The zero-order valence-electron chi connectivity index (χ0n) is 7.84. The van der Waals surface area contributed by atoms with Gasteiger partial charge in [0, 0.05) is 11.8 Å². The van der Waals surface area contributed by atoms with Crippen molar-refractivity contribution < 1.29 is 9.52 Å². The van der Waals surface area contributed by atoms with Crippen molar-refractivity contribution in [2.75, 3.05) is 0 Å². The van der Waals surface area contributed by atoms with Gasteiger partial charge in [0.25, 0.3) is 0 Å². The van der Waals surface area contributed by atoms with Gasteiger partial charge in [-0.25, -0.2) is 0 Å². The van der Waals surface area contributed by atoms with E-state index in [2.05, 4.69) is 4.98 Å². The van der Waals surface area contributed by atoms with Crippen LogP contribution >= 0.6 is 0 Å². The second kappa shape index (κ2) is 3.64. The van der Waals surface area contributed by atoms with Gasteiger partial charge in [0.05, 0.1) is 18.2 Å². The zero-order chi connectivity index (χ0) is 9.97. The van der Waals surface area contributed by atoms with E-state index >= 15 is 0 Å². The van der Waals surface area contributed by atoms with Crippen LogP contribution in [0.4, 0.5) is 0 Å². The quantitative estimate of drug-likeness (QED) is 0.786. The highest BCUT2D eigenvalue weighted by Crippen LogP contribution is 2.22. The van der Waals surface area contributed by atoms with Crippen LogP contribution in [-0.2, 0) is 0 Å². The van der Waals surface area contributed by atoms with Gasteiger partial charge in [0.15, 0.2) is 0 Å². The van der Waals surface area contributed by atoms with Gasteiger partial charge in [-0.05, 0) is 24.6 Å². The van der Waals surface area contributed by atoms with Crippen LogP contribution in [-0.4, -0.2) is 10.1 Å². The molecule has 1 atom stereocenters. The Morgan fingerprint density at radius 3 is 2.93 bits per heavy atom. The minimum absolute atomic E-state index is 0.675. The molecule has 3 nitrogen and oxygen atoms in total. The van der Waals surface area contributed by atoms with Crippen molar-refractivity contribution in [3.63, 3.8) is 0 Å².